The number of Topliss-reactive ketones (excluding diaryl/α,β-unsaturated/α-hetero) is 1. The smallest absolute Gasteiger partial charge is 0.414 e. The van der Waals surface area contributed by atoms with Crippen LogP contribution in [0.25, 0.3) is 0 Å². The van der Waals surface area contributed by atoms with Crippen LogP contribution in [0.4, 0.5) is 4.79 Å². The number of amides is 2. The molecular formula is C29H45N3O5. The van der Waals surface area contributed by atoms with Gasteiger partial charge in [-0.25, -0.2) is 4.79 Å². The Hall–Kier alpha value is -1.80. The first-order valence-electron chi connectivity index (χ1n) is 14.3. The summed E-state index contributed by atoms with van der Waals surface area (Å²) in [4.78, 5) is 42.8. The minimum atomic E-state index is -0.810. The molecule has 5 aliphatic rings. The first-order chi connectivity index (χ1) is 17.5. The van der Waals surface area contributed by atoms with Gasteiger partial charge in [-0.2, -0.15) is 0 Å². The second-order valence-electron chi connectivity index (χ2n) is 13.4. The molecule has 2 saturated heterocycles. The number of piperidine rings is 1. The van der Waals surface area contributed by atoms with Crippen molar-refractivity contribution in [3.8, 4) is 0 Å². The number of carbonyl (C=O) groups excluding carboxylic acids is 3. The number of hydrogen-bond acceptors (Lipinski definition) is 7. The maximum Gasteiger partial charge on any atom is 0.414 e. The van der Waals surface area contributed by atoms with E-state index in [4.69, 9.17) is 14.9 Å². The van der Waals surface area contributed by atoms with E-state index in [9.17, 15) is 14.4 Å². The first kappa shape index (κ1) is 26.8. The van der Waals surface area contributed by atoms with Gasteiger partial charge in [-0.05, 0) is 75.0 Å². The van der Waals surface area contributed by atoms with Crippen molar-refractivity contribution in [2.75, 3.05) is 26.7 Å². The highest BCUT2D eigenvalue weighted by molar-refractivity contribution is 5.94. The molecule has 2 heterocycles. The summed E-state index contributed by atoms with van der Waals surface area (Å²) >= 11 is 0. The zero-order chi connectivity index (χ0) is 26.8. The third-order valence-electron chi connectivity index (χ3n) is 11.8. The van der Waals surface area contributed by atoms with E-state index in [1.807, 2.05) is 6.92 Å². The highest BCUT2D eigenvalue weighted by Gasteiger charge is 2.68. The quantitative estimate of drug-likeness (QED) is 0.535. The summed E-state index contributed by atoms with van der Waals surface area (Å²) in [6, 6.07) is 0. The van der Waals surface area contributed by atoms with Crippen LogP contribution in [0.5, 0.6) is 0 Å². The SMILES string of the molecule is CO[C@@H]1CCC23CC[C@@H](C)[C@](C)(C12)[C@H](OC(=O)NC(=O)[C@H]1CN2CC[C@@H]1C2)C[C@@](C)(CC=N)C(=O)[C@@H]3C. The van der Waals surface area contributed by atoms with E-state index in [0.29, 0.717) is 25.3 Å². The normalized spacial score (nSPS) is 48.6. The summed E-state index contributed by atoms with van der Waals surface area (Å²) in [5.74, 6) is 0.216. The van der Waals surface area contributed by atoms with Crippen LogP contribution in [0, 0.1) is 51.2 Å². The van der Waals surface area contributed by atoms with Crippen LogP contribution in [0.3, 0.4) is 0 Å². The Morgan fingerprint density at radius 1 is 1.16 bits per heavy atom. The average Bonchev–Trinajstić information content (AvgIpc) is 3.59. The molecule has 0 radical (unpaired) electrons. The van der Waals surface area contributed by atoms with E-state index in [0.717, 1.165) is 45.2 Å². The van der Waals surface area contributed by atoms with E-state index < -0.39 is 23.0 Å². The van der Waals surface area contributed by atoms with Crippen LogP contribution >= 0.6 is 0 Å². The van der Waals surface area contributed by atoms with E-state index in [-0.39, 0.29) is 46.9 Å². The number of ether oxygens (including phenoxy) is 2. The van der Waals surface area contributed by atoms with Crippen LogP contribution in [0.2, 0.25) is 0 Å². The van der Waals surface area contributed by atoms with Gasteiger partial charge >= 0.3 is 6.09 Å². The highest BCUT2D eigenvalue weighted by Crippen LogP contribution is 2.68. The maximum atomic E-state index is 14.1. The lowest BCUT2D eigenvalue weighted by molar-refractivity contribution is -0.191. The monoisotopic (exact) mass is 515 g/mol. The van der Waals surface area contributed by atoms with Crippen LogP contribution in [-0.4, -0.2) is 67.9 Å². The molecular weight excluding hydrogens is 470 g/mol. The summed E-state index contributed by atoms with van der Waals surface area (Å²) in [6.07, 6.45) is 5.42. The maximum absolute atomic E-state index is 14.1. The van der Waals surface area contributed by atoms with Crippen molar-refractivity contribution >= 4 is 24.0 Å². The summed E-state index contributed by atoms with van der Waals surface area (Å²) in [5, 5.41) is 10.4. The Morgan fingerprint density at radius 3 is 2.51 bits per heavy atom. The third kappa shape index (κ3) is 4.00. The molecule has 2 N–H and O–H groups in total. The Morgan fingerprint density at radius 2 is 1.89 bits per heavy atom. The number of alkyl carbamates (subject to hydrolysis) is 1. The number of ketones is 1. The number of imide groups is 1. The van der Waals surface area contributed by atoms with Gasteiger partial charge in [-0.1, -0.05) is 27.7 Å². The number of nitrogens with one attached hydrogen (secondary N) is 2. The van der Waals surface area contributed by atoms with Gasteiger partial charge in [-0.3, -0.25) is 14.9 Å². The zero-order valence-electron chi connectivity index (χ0n) is 23.2. The molecule has 0 spiro atoms. The predicted octanol–water partition coefficient (Wildman–Crippen LogP) is 4.06. The molecule has 2 amide bonds. The van der Waals surface area contributed by atoms with Crippen molar-refractivity contribution in [1.29, 1.82) is 5.41 Å². The molecule has 2 aliphatic heterocycles. The van der Waals surface area contributed by atoms with Crippen molar-refractivity contribution in [1.82, 2.24) is 10.2 Å². The van der Waals surface area contributed by atoms with Gasteiger partial charge in [0.15, 0.2) is 0 Å². The molecule has 3 aliphatic carbocycles. The minimum absolute atomic E-state index is 0.00558. The van der Waals surface area contributed by atoms with Crippen molar-refractivity contribution in [3.05, 3.63) is 0 Å². The molecule has 3 saturated carbocycles. The second-order valence-corrected chi connectivity index (χ2v) is 13.4. The fourth-order valence-corrected chi connectivity index (χ4v) is 9.50. The Balaban J connectivity index is 1.48. The van der Waals surface area contributed by atoms with Crippen molar-refractivity contribution in [2.45, 2.75) is 84.8 Å². The number of fused-ring (bicyclic) bond motifs is 2. The van der Waals surface area contributed by atoms with Gasteiger partial charge < -0.3 is 19.8 Å². The van der Waals surface area contributed by atoms with Gasteiger partial charge in [0.25, 0.3) is 0 Å². The zero-order valence-corrected chi connectivity index (χ0v) is 23.2. The van der Waals surface area contributed by atoms with E-state index in [2.05, 4.69) is 31.0 Å². The molecule has 8 heteroatoms. The molecule has 37 heavy (non-hydrogen) atoms. The Bertz CT molecular complexity index is 971. The molecule has 0 aromatic rings. The van der Waals surface area contributed by atoms with E-state index >= 15 is 0 Å². The number of methoxy groups -OCH3 is 1. The van der Waals surface area contributed by atoms with Gasteiger partial charge in [0, 0.05) is 42.9 Å². The van der Waals surface area contributed by atoms with Gasteiger partial charge in [-0.15, -0.1) is 0 Å². The van der Waals surface area contributed by atoms with Crippen molar-refractivity contribution in [2.24, 2.45) is 45.8 Å². The lowest BCUT2D eigenvalue weighted by Gasteiger charge is -2.61. The number of carbonyl (C=O) groups is 3. The van der Waals surface area contributed by atoms with Gasteiger partial charge in [0.1, 0.15) is 11.9 Å². The van der Waals surface area contributed by atoms with Crippen LogP contribution in [0.15, 0.2) is 0 Å². The lowest BCUT2D eigenvalue weighted by Crippen LogP contribution is -2.63. The molecule has 3 unspecified atom stereocenters. The number of hydrogen-bond donors (Lipinski definition) is 2. The average molecular weight is 516 g/mol. The molecule has 11 atom stereocenters. The lowest BCUT2D eigenvalue weighted by atomic mass is 9.44. The molecule has 8 nitrogen and oxygen atoms in total. The largest absolute Gasteiger partial charge is 0.445 e. The van der Waals surface area contributed by atoms with Crippen molar-refractivity contribution < 1.29 is 23.9 Å². The first-order valence-corrected chi connectivity index (χ1v) is 14.3. The van der Waals surface area contributed by atoms with Crippen LogP contribution in [-0.2, 0) is 19.1 Å². The predicted molar refractivity (Wildman–Crippen MR) is 139 cm³/mol. The van der Waals surface area contributed by atoms with Crippen LogP contribution in [0.1, 0.15) is 72.6 Å². The molecule has 5 rings (SSSR count). The molecule has 206 valence electrons. The molecule has 5 fully saturated rings. The highest BCUT2D eigenvalue weighted by atomic mass is 16.6. The standard InChI is InChI=1S/C29H45N3O5/c1-17-6-9-29-10-7-21(36-5)23(29)28(17,4)22(14-27(3,11-12-30)24(33)18(29)2)37-26(35)31-25(34)20-16-32-13-8-19(20)15-32/h12,17-23,30H,6-11,13-16H2,1-5H3,(H,31,34,35)/t17-,18+,19-,20+,21-,22-,23?,27-,28+,29?/m1/s1. The number of rotatable bonds is 5. The summed E-state index contributed by atoms with van der Waals surface area (Å²) in [7, 11) is 1.75. The molecule has 4 bridgehead atoms. The van der Waals surface area contributed by atoms with Crippen LogP contribution < -0.4 is 5.32 Å². The van der Waals surface area contributed by atoms with E-state index in [1.165, 1.54) is 6.21 Å². The summed E-state index contributed by atoms with van der Waals surface area (Å²) in [5.41, 5.74) is -1.45. The fourth-order valence-electron chi connectivity index (χ4n) is 9.50. The van der Waals surface area contributed by atoms with Gasteiger partial charge in [0.05, 0.1) is 12.0 Å². The second kappa shape index (κ2) is 9.44. The third-order valence-corrected chi connectivity index (χ3v) is 11.8. The summed E-state index contributed by atoms with van der Waals surface area (Å²) in [6.45, 7) is 11.1. The number of nitrogens with zero attached hydrogens (tertiary/aromatic N) is 1. The Labute approximate surface area is 221 Å². The molecule has 0 aromatic heterocycles. The van der Waals surface area contributed by atoms with Gasteiger partial charge in [0.2, 0.25) is 5.91 Å². The summed E-state index contributed by atoms with van der Waals surface area (Å²) < 4.78 is 12.3. The molecule has 0 aromatic carbocycles. The Kier molecular flexibility index (Phi) is 6.83. The topological polar surface area (TPSA) is 109 Å². The van der Waals surface area contributed by atoms with Crippen molar-refractivity contribution in [3.63, 3.8) is 0 Å². The van der Waals surface area contributed by atoms with E-state index in [1.54, 1.807) is 7.11 Å². The minimum Gasteiger partial charge on any atom is -0.445 e. The fraction of sp³-hybridized carbons (Fsp3) is 0.862.